The van der Waals surface area contributed by atoms with Crippen LogP contribution < -0.4 is 0 Å². The molecule has 0 N–H and O–H groups in total. The summed E-state index contributed by atoms with van der Waals surface area (Å²) in [6.45, 7) is 5.48. The minimum Gasteiger partial charge on any atom is -0.199 e. The maximum Gasteiger partial charge on any atom is 0.283 e. The summed E-state index contributed by atoms with van der Waals surface area (Å²) in [6.07, 6.45) is 0. The number of benzene rings is 1. The fourth-order valence-electron chi connectivity index (χ4n) is 1.65. The maximum atomic E-state index is 12.4. The molecule has 0 fully saturated rings. The number of hydrogen-bond donors (Lipinski definition) is 0. The largest absolute Gasteiger partial charge is 0.283 e. The molecule has 0 saturated carbocycles. The monoisotopic (exact) mass is 376 g/mol. The Kier molecular flexibility index (Phi) is 3.50. The highest BCUT2D eigenvalue weighted by Crippen LogP contribution is 2.21. The predicted molar refractivity (Wildman–Crippen MR) is 78.2 cm³/mol. The predicted octanol–water partition coefficient (Wildman–Crippen LogP) is 2.65. The van der Waals surface area contributed by atoms with E-state index in [2.05, 4.69) is 27.7 Å². The van der Waals surface area contributed by atoms with Crippen molar-refractivity contribution in [3.8, 4) is 0 Å². The Labute approximate surface area is 120 Å². The first-order chi connectivity index (χ1) is 8.34. The van der Waals surface area contributed by atoms with Gasteiger partial charge in [-0.1, -0.05) is 17.7 Å². The SMILES string of the molecule is Cc1ccc(S(=O)(=O)n2nc(C)c(I)c2C)cc1. The Morgan fingerprint density at radius 3 is 2.11 bits per heavy atom. The number of halogens is 1. The van der Waals surface area contributed by atoms with Gasteiger partial charge in [0.05, 0.1) is 19.9 Å². The second kappa shape index (κ2) is 4.65. The van der Waals surface area contributed by atoms with E-state index < -0.39 is 10.0 Å². The second-order valence-corrected chi connectivity index (χ2v) is 6.99. The van der Waals surface area contributed by atoms with Gasteiger partial charge in [0.1, 0.15) is 0 Å². The topological polar surface area (TPSA) is 52.0 Å². The van der Waals surface area contributed by atoms with E-state index in [0.29, 0.717) is 5.69 Å². The van der Waals surface area contributed by atoms with Gasteiger partial charge in [-0.3, -0.25) is 0 Å². The minimum absolute atomic E-state index is 0.259. The summed E-state index contributed by atoms with van der Waals surface area (Å²) in [6, 6.07) is 6.77. The highest BCUT2D eigenvalue weighted by atomic mass is 127. The van der Waals surface area contributed by atoms with Crippen molar-refractivity contribution >= 4 is 32.6 Å². The van der Waals surface area contributed by atoms with Gasteiger partial charge >= 0.3 is 0 Å². The molecule has 0 unspecified atom stereocenters. The van der Waals surface area contributed by atoms with Crippen LogP contribution in [0.25, 0.3) is 0 Å². The Balaban J connectivity index is 2.61. The highest BCUT2D eigenvalue weighted by molar-refractivity contribution is 14.1. The summed E-state index contributed by atoms with van der Waals surface area (Å²) < 4.78 is 26.8. The summed E-state index contributed by atoms with van der Waals surface area (Å²) >= 11 is 2.11. The van der Waals surface area contributed by atoms with Crippen molar-refractivity contribution in [2.75, 3.05) is 0 Å². The van der Waals surface area contributed by atoms with E-state index in [0.717, 1.165) is 18.9 Å². The van der Waals surface area contributed by atoms with E-state index in [1.807, 2.05) is 6.92 Å². The van der Waals surface area contributed by atoms with Crippen molar-refractivity contribution in [1.82, 2.24) is 9.19 Å². The molecule has 0 aliphatic carbocycles. The third-order valence-corrected chi connectivity index (χ3v) is 5.95. The van der Waals surface area contributed by atoms with Gasteiger partial charge in [-0.05, 0) is 55.5 Å². The van der Waals surface area contributed by atoms with Crippen molar-refractivity contribution in [2.45, 2.75) is 25.7 Å². The molecular weight excluding hydrogens is 363 g/mol. The van der Waals surface area contributed by atoms with Crippen molar-refractivity contribution < 1.29 is 8.42 Å². The highest BCUT2D eigenvalue weighted by Gasteiger charge is 2.22. The van der Waals surface area contributed by atoms with Crippen molar-refractivity contribution in [3.05, 3.63) is 44.8 Å². The van der Waals surface area contributed by atoms with Gasteiger partial charge in [0.25, 0.3) is 10.0 Å². The van der Waals surface area contributed by atoms with E-state index >= 15 is 0 Å². The summed E-state index contributed by atoms with van der Waals surface area (Å²) in [5.41, 5.74) is 2.40. The van der Waals surface area contributed by atoms with E-state index in [9.17, 15) is 8.42 Å². The zero-order chi connectivity index (χ0) is 13.5. The molecule has 1 aromatic carbocycles. The smallest absolute Gasteiger partial charge is 0.199 e. The van der Waals surface area contributed by atoms with Crippen LogP contribution in [0.5, 0.6) is 0 Å². The standard InChI is InChI=1S/C12H13IN2O2S/c1-8-4-6-11(7-5-8)18(16,17)15-10(3)12(13)9(2)14-15/h4-7H,1-3H3. The third kappa shape index (κ3) is 2.18. The minimum atomic E-state index is -3.59. The Hall–Kier alpha value is -0.890. The van der Waals surface area contributed by atoms with Crippen molar-refractivity contribution in [3.63, 3.8) is 0 Å². The zero-order valence-electron chi connectivity index (χ0n) is 10.3. The third-order valence-electron chi connectivity index (χ3n) is 2.71. The number of aryl methyl sites for hydroxylation is 2. The fraction of sp³-hybridized carbons (Fsp3) is 0.250. The summed E-state index contributed by atoms with van der Waals surface area (Å²) in [4.78, 5) is 0.259. The molecule has 6 heteroatoms. The van der Waals surface area contributed by atoms with Crippen LogP contribution in [0.15, 0.2) is 29.2 Å². The first-order valence-electron chi connectivity index (χ1n) is 5.38. The molecule has 0 spiro atoms. The normalized spacial score (nSPS) is 11.8. The molecule has 0 atom stereocenters. The van der Waals surface area contributed by atoms with Gasteiger partial charge in [0, 0.05) is 0 Å². The number of aromatic nitrogens is 2. The molecule has 0 amide bonds. The van der Waals surface area contributed by atoms with E-state index in [1.54, 1.807) is 38.1 Å². The van der Waals surface area contributed by atoms with Gasteiger partial charge in [-0.2, -0.15) is 17.6 Å². The molecule has 0 saturated heterocycles. The van der Waals surface area contributed by atoms with Crippen molar-refractivity contribution in [2.24, 2.45) is 0 Å². The molecule has 0 radical (unpaired) electrons. The number of hydrogen-bond acceptors (Lipinski definition) is 3. The average Bonchev–Trinajstić information content (AvgIpc) is 2.58. The second-order valence-electron chi connectivity index (χ2n) is 4.15. The average molecular weight is 376 g/mol. The fourth-order valence-corrected chi connectivity index (χ4v) is 3.51. The Morgan fingerprint density at radius 2 is 1.67 bits per heavy atom. The number of rotatable bonds is 2. The molecular formula is C12H13IN2O2S. The van der Waals surface area contributed by atoms with Crippen LogP contribution >= 0.6 is 22.6 Å². The summed E-state index contributed by atoms with van der Waals surface area (Å²) in [7, 11) is -3.59. The van der Waals surface area contributed by atoms with Gasteiger partial charge < -0.3 is 0 Å². The first kappa shape index (κ1) is 13.5. The van der Waals surface area contributed by atoms with Crippen LogP contribution in [0.2, 0.25) is 0 Å². The lowest BCUT2D eigenvalue weighted by atomic mass is 10.2. The van der Waals surface area contributed by atoms with Crippen molar-refractivity contribution in [1.29, 1.82) is 0 Å². The van der Waals surface area contributed by atoms with E-state index in [-0.39, 0.29) is 4.90 Å². The van der Waals surface area contributed by atoms with Crippen LogP contribution in [-0.2, 0) is 10.0 Å². The van der Waals surface area contributed by atoms with Gasteiger partial charge in [0.2, 0.25) is 0 Å². The molecule has 0 bridgehead atoms. The summed E-state index contributed by atoms with van der Waals surface area (Å²) in [5, 5.41) is 4.10. The maximum absolute atomic E-state index is 12.4. The van der Waals surface area contributed by atoms with Gasteiger partial charge in [0.15, 0.2) is 0 Å². The van der Waals surface area contributed by atoms with Gasteiger partial charge in [-0.25, -0.2) is 0 Å². The molecule has 0 aliphatic rings. The van der Waals surface area contributed by atoms with Crippen LogP contribution in [0.1, 0.15) is 17.0 Å². The van der Waals surface area contributed by atoms with E-state index in [1.165, 1.54) is 0 Å². The van der Waals surface area contributed by atoms with Crippen LogP contribution in [-0.4, -0.2) is 17.6 Å². The molecule has 1 heterocycles. The molecule has 2 rings (SSSR count). The molecule has 2 aromatic rings. The Morgan fingerprint density at radius 1 is 1.11 bits per heavy atom. The van der Waals surface area contributed by atoms with Crippen LogP contribution in [0.4, 0.5) is 0 Å². The lowest BCUT2D eigenvalue weighted by Crippen LogP contribution is -2.16. The summed E-state index contributed by atoms with van der Waals surface area (Å²) in [5.74, 6) is 0. The lowest BCUT2D eigenvalue weighted by Gasteiger charge is -2.06. The molecule has 4 nitrogen and oxygen atoms in total. The van der Waals surface area contributed by atoms with Crippen LogP contribution in [0.3, 0.4) is 0 Å². The number of nitrogens with zero attached hydrogens (tertiary/aromatic N) is 2. The Bertz CT molecular complexity index is 688. The lowest BCUT2D eigenvalue weighted by molar-refractivity contribution is 0.577. The van der Waals surface area contributed by atoms with Gasteiger partial charge in [-0.15, -0.1) is 0 Å². The quantitative estimate of drug-likeness (QED) is 0.758. The van der Waals surface area contributed by atoms with Crippen LogP contribution in [0, 0.1) is 24.3 Å². The zero-order valence-corrected chi connectivity index (χ0v) is 13.3. The molecule has 18 heavy (non-hydrogen) atoms. The van der Waals surface area contributed by atoms with E-state index in [4.69, 9.17) is 0 Å². The first-order valence-corrected chi connectivity index (χ1v) is 7.90. The molecule has 1 aromatic heterocycles. The molecule has 0 aliphatic heterocycles. The molecule has 96 valence electrons.